The molecule has 0 aliphatic heterocycles. The van der Waals surface area contributed by atoms with Gasteiger partial charge >= 0.3 is 44.1 Å². The normalized spacial score (nSPS) is 0. The van der Waals surface area contributed by atoms with Gasteiger partial charge in [-0.05, 0) is 0 Å². The van der Waals surface area contributed by atoms with E-state index in [1.165, 1.54) is 0 Å². The fraction of sp³-hybridized carbons (Fsp3) is 0. The summed E-state index contributed by atoms with van der Waals surface area (Å²) >= 11 is 0. The van der Waals surface area contributed by atoms with Crippen LogP contribution in [0.25, 0.3) is 0 Å². The van der Waals surface area contributed by atoms with Gasteiger partial charge in [0.15, 0.2) is 0 Å². The van der Waals surface area contributed by atoms with Crippen molar-refractivity contribution >= 4 is 23.1 Å². The minimum atomic E-state index is 0. The molecule has 0 heterocycles. The monoisotopic (exact) mass is 190 g/mol. The van der Waals surface area contributed by atoms with Crippen LogP contribution in [0.3, 0.4) is 0 Å². The fourth-order valence-electron chi connectivity index (χ4n) is 0. The molecule has 0 amide bonds. The number of hydrogen-bond donors (Lipinski definition) is 0. The van der Waals surface area contributed by atoms with E-state index in [1.807, 2.05) is 0 Å². The second kappa shape index (κ2) is 105. The second-order valence-electron chi connectivity index (χ2n) is 0. The summed E-state index contributed by atoms with van der Waals surface area (Å²) < 4.78 is 0. The molecular weight excluding hydrogens is 184 g/mol. The molecule has 0 aromatic rings. The third-order valence-electron chi connectivity index (χ3n) is 0. The predicted molar refractivity (Wildman–Crippen MR) is 13.5 cm³/mol. The first-order valence-corrected chi connectivity index (χ1v) is 0. The summed E-state index contributed by atoms with van der Waals surface area (Å²) in [6.07, 6.45) is 0. The maximum Gasteiger partial charge on any atom is 2.00 e. The Hall–Kier alpha value is 1.29. The quantitative estimate of drug-likeness (QED) is 0.448. The van der Waals surface area contributed by atoms with Crippen LogP contribution >= 0.6 is 0 Å². The third kappa shape index (κ3) is 58.3. The molecule has 0 aromatic carbocycles. The largest absolute Gasteiger partial charge is 2.00 e. The molecule has 0 saturated carbocycles. The maximum atomic E-state index is 0. The van der Waals surface area contributed by atoms with Gasteiger partial charge < -0.3 is 21.9 Å². The summed E-state index contributed by atoms with van der Waals surface area (Å²) in [4.78, 5) is 0. The van der Waals surface area contributed by atoms with Crippen LogP contribution < -0.4 is 0 Å². The Kier molecular flexibility index (Phi) is 3030. The van der Waals surface area contributed by atoms with Gasteiger partial charge in [0.05, 0.1) is 0 Å². The number of hydrogen-bond acceptors (Lipinski definition) is 4. The van der Waals surface area contributed by atoms with Gasteiger partial charge in [-0.3, -0.25) is 0 Å². The van der Waals surface area contributed by atoms with E-state index in [1.54, 1.807) is 0 Å². The van der Waals surface area contributed by atoms with Crippen molar-refractivity contribution in [3.63, 3.8) is 0 Å². The smallest absolute Gasteiger partial charge is 0.870 e. The van der Waals surface area contributed by atoms with E-state index in [4.69, 9.17) is 0 Å². The van der Waals surface area contributed by atoms with E-state index in [-0.39, 0.29) is 66.0 Å². The molecule has 0 aliphatic carbocycles. The fourth-order valence-corrected chi connectivity index (χ4v) is 0. The van der Waals surface area contributed by atoms with Gasteiger partial charge in [0.1, 0.15) is 0 Å². The van der Waals surface area contributed by atoms with Crippen molar-refractivity contribution in [3.8, 4) is 0 Å². The molecule has 0 saturated heterocycles. The van der Waals surface area contributed by atoms with E-state index in [2.05, 4.69) is 0 Å². The minimum Gasteiger partial charge on any atom is -0.870 e. The van der Waals surface area contributed by atoms with Gasteiger partial charge in [-0.15, -0.1) is 0 Å². The molecule has 0 atom stereocenters. The van der Waals surface area contributed by atoms with Crippen molar-refractivity contribution in [2.24, 2.45) is 0 Å². The van der Waals surface area contributed by atoms with Crippen LogP contribution in [0.4, 0.5) is 0 Å². The Morgan fingerprint density at radius 1 is 0.500 bits per heavy atom. The zero-order valence-electron chi connectivity index (χ0n) is 2.90. The average Bonchev–Trinajstić information content (AvgIpc) is 0. The van der Waals surface area contributed by atoms with E-state index < -0.39 is 0 Å². The van der Waals surface area contributed by atoms with Crippen LogP contribution in [0.15, 0.2) is 0 Å². The minimum absolute atomic E-state index is 0. The summed E-state index contributed by atoms with van der Waals surface area (Å²) in [6.45, 7) is 0. The molecular formula is H4MgMoO4. The molecule has 6 heavy (non-hydrogen) atoms. The Balaban J connectivity index is 0. The average molecular weight is 188 g/mol. The van der Waals surface area contributed by atoms with Gasteiger partial charge in [-0.2, -0.15) is 0 Å². The van der Waals surface area contributed by atoms with Gasteiger partial charge in [-0.25, -0.2) is 0 Å². The van der Waals surface area contributed by atoms with Crippen LogP contribution in [0.5, 0.6) is 0 Å². The third-order valence-corrected chi connectivity index (χ3v) is 0. The van der Waals surface area contributed by atoms with Crippen LogP contribution in [0, 0.1) is 0 Å². The van der Waals surface area contributed by atoms with Crippen LogP contribution in [-0.4, -0.2) is 45.0 Å². The summed E-state index contributed by atoms with van der Waals surface area (Å²) in [6, 6.07) is 0. The summed E-state index contributed by atoms with van der Waals surface area (Å²) in [5.41, 5.74) is 0. The van der Waals surface area contributed by atoms with Crippen molar-refractivity contribution in [1.29, 1.82) is 0 Å². The standard InChI is InChI=1S/Mg.Mo.4H2O/h;;4*1H2/q2*+2;;;;/p-4. The van der Waals surface area contributed by atoms with Gasteiger partial charge in [0.25, 0.3) is 0 Å². The molecule has 4 N–H and O–H groups in total. The van der Waals surface area contributed by atoms with Crippen LogP contribution in [-0.2, 0) is 21.1 Å². The van der Waals surface area contributed by atoms with Crippen LogP contribution in [0.2, 0.25) is 0 Å². The van der Waals surface area contributed by atoms with Gasteiger partial charge in [0.2, 0.25) is 0 Å². The first kappa shape index (κ1) is 172. The second-order valence-corrected chi connectivity index (χ2v) is 0. The molecule has 0 unspecified atom stereocenters. The summed E-state index contributed by atoms with van der Waals surface area (Å²) in [5, 5.41) is 0. The molecule has 0 rings (SSSR count). The SMILES string of the molecule is [Mg+2].[Mo+2].[OH-].[OH-].[OH-].[OH-]. The maximum absolute atomic E-state index is 0. The van der Waals surface area contributed by atoms with E-state index >= 15 is 0 Å². The van der Waals surface area contributed by atoms with Crippen LogP contribution in [0.1, 0.15) is 0 Å². The summed E-state index contributed by atoms with van der Waals surface area (Å²) in [7, 11) is 0. The Bertz CT molecular complexity index is 7.51. The zero-order chi connectivity index (χ0) is 0. The van der Waals surface area contributed by atoms with Crippen molar-refractivity contribution < 1.29 is 43.0 Å². The molecule has 0 aliphatic rings. The molecule has 0 spiro atoms. The molecule has 4 nitrogen and oxygen atoms in total. The first-order valence-electron chi connectivity index (χ1n) is 0. The van der Waals surface area contributed by atoms with E-state index in [0.717, 1.165) is 0 Å². The zero-order valence-corrected chi connectivity index (χ0v) is 6.33. The molecule has 0 bridgehead atoms. The van der Waals surface area contributed by atoms with Gasteiger partial charge in [0, 0.05) is 0 Å². The first-order chi connectivity index (χ1) is 0. The molecule has 36 valence electrons. The predicted octanol–water partition coefficient (Wildman–Crippen LogP) is -1.09. The number of rotatable bonds is 0. The van der Waals surface area contributed by atoms with Crippen molar-refractivity contribution in [2.45, 2.75) is 0 Å². The molecule has 0 radical (unpaired) electrons. The van der Waals surface area contributed by atoms with Gasteiger partial charge in [-0.1, -0.05) is 0 Å². The summed E-state index contributed by atoms with van der Waals surface area (Å²) in [5.74, 6) is 0. The molecule has 0 fully saturated rings. The molecule has 0 aromatic heterocycles. The Labute approximate surface area is 65.9 Å². The van der Waals surface area contributed by atoms with Crippen molar-refractivity contribution in [1.82, 2.24) is 0 Å². The molecule has 6 heteroatoms. The topological polar surface area (TPSA) is 120 Å². The van der Waals surface area contributed by atoms with Crippen molar-refractivity contribution in [3.05, 3.63) is 0 Å². The van der Waals surface area contributed by atoms with E-state index in [0.29, 0.717) is 0 Å². The van der Waals surface area contributed by atoms with Crippen molar-refractivity contribution in [2.75, 3.05) is 0 Å². The van der Waals surface area contributed by atoms with E-state index in [9.17, 15) is 0 Å². The Morgan fingerprint density at radius 3 is 0.500 bits per heavy atom. The Morgan fingerprint density at radius 2 is 0.500 bits per heavy atom.